The molecule has 0 saturated carbocycles. The van der Waals surface area contributed by atoms with E-state index in [1.165, 1.54) is 0 Å². The van der Waals surface area contributed by atoms with Crippen LogP contribution in [-0.2, 0) is 0 Å². The maximum absolute atomic E-state index is 9.08. The summed E-state index contributed by atoms with van der Waals surface area (Å²) in [6.45, 7) is 0. The molecule has 1 heterocycles. The van der Waals surface area contributed by atoms with E-state index in [-0.39, 0.29) is 0 Å². The Morgan fingerprint density at radius 1 is 0.950 bits per heavy atom. The fourth-order valence-electron chi connectivity index (χ4n) is 2.34. The second kappa shape index (κ2) is 5.38. The third kappa shape index (κ3) is 2.17. The van der Waals surface area contributed by atoms with E-state index in [2.05, 4.69) is 29.3 Å². The van der Waals surface area contributed by atoms with Crippen LogP contribution in [0.5, 0.6) is 0 Å². The van der Waals surface area contributed by atoms with Crippen LogP contribution in [-0.4, -0.2) is 4.98 Å². The standard InChI is InChI=1S/C18H12N2/c19-12-11-17(18-10-3-4-13-20-18)16-9-5-7-14-6-1-2-8-15(14)16/h1-11,13H/b17-11-. The fourth-order valence-corrected chi connectivity index (χ4v) is 2.34. The number of allylic oxidation sites excluding steroid dienone is 1. The van der Waals surface area contributed by atoms with Crippen LogP contribution in [0.1, 0.15) is 11.3 Å². The SMILES string of the molecule is N#C/C=C(\c1ccccn1)c1cccc2ccccc12. The first-order valence-corrected chi connectivity index (χ1v) is 6.39. The zero-order valence-electron chi connectivity index (χ0n) is 10.8. The minimum Gasteiger partial charge on any atom is -0.256 e. The molecule has 0 aliphatic rings. The van der Waals surface area contributed by atoms with Crippen LogP contribution in [0.3, 0.4) is 0 Å². The van der Waals surface area contributed by atoms with Crippen LogP contribution in [0.15, 0.2) is 72.9 Å². The molecule has 3 rings (SSSR count). The maximum Gasteiger partial charge on any atom is 0.0919 e. The molecule has 1 aromatic heterocycles. The van der Waals surface area contributed by atoms with E-state index < -0.39 is 0 Å². The molecule has 2 nitrogen and oxygen atoms in total. The van der Waals surface area contributed by atoms with Crippen LogP contribution >= 0.6 is 0 Å². The molecule has 0 spiro atoms. The van der Waals surface area contributed by atoms with Gasteiger partial charge in [-0.25, -0.2) is 0 Å². The summed E-state index contributed by atoms with van der Waals surface area (Å²) in [5.74, 6) is 0. The van der Waals surface area contributed by atoms with Gasteiger partial charge in [0, 0.05) is 17.8 Å². The molecule has 0 saturated heterocycles. The summed E-state index contributed by atoms with van der Waals surface area (Å²) < 4.78 is 0. The fraction of sp³-hybridized carbons (Fsp3) is 0. The summed E-state index contributed by atoms with van der Waals surface area (Å²) in [4.78, 5) is 4.36. The highest BCUT2D eigenvalue weighted by molar-refractivity contribution is 5.97. The van der Waals surface area contributed by atoms with Gasteiger partial charge >= 0.3 is 0 Å². The number of pyridine rings is 1. The van der Waals surface area contributed by atoms with Gasteiger partial charge in [0.05, 0.1) is 11.8 Å². The number of hydrogen-bond acceptors (Lipinski definition) is 2. The van der Waals surface area contributed by atoms with E-state index in [1.54, 1.807) is 12.3 Å². The van der Waals surface area contributed by atoms with Gasteiger partial charge in [-0.05, 0) is 28.5 Å². The molecule has 2 heteroatoms. The first-order chi connectivity index (χ1) is 9.90. The zero-order valence-corrected chi connectivity index (χ0v) is 10.8. The Balaban J connectivity index is 2.27. The summed E-state index contributed by atoms with van der Waals surface area (Å²) in [5.41, 5.74) is 2.69. The number of hydrogen-bond donors (Lipinski definition) is 0. The molecule has 0 atom stereocenters. The third-order valence-electron chi connectivity index (χ3n) is 3.23. The van der Waals surface area contributed by atoms with Gasteiger partial charge in [0.2, 0.25) is 0 Å². The highest BCUT2D eigenvalue weighted by atomic mass is 14.7. The number of benzene rings is 2. The Bertz CT molecular complexity index is 806. The van der Waals surface area contributed by atoms with Crippen molar-refractivity contribution < 1.29 is 0 Å². The maximum atomic E-state index is 9.08. The number of aromatic nitrogens is 1. The van der Waals surface area contributed by atoms with Crippen LogP contribution in [0.25, 0.3) is 16.3 Å². The Hall–Kier alpha value is -2.92. The number of rotatable bonds is 2. The first-order valence-electron chi connectivity index (χ1n) is 6.39. The van der Waals surface area contributed by atoms with Crippen LogP contribution < -0.4 is 0 Å². The molecule has 0 unspecified atom stereocenters. The van der Waals surface area contributed by atoms with E-state index in [0.717, 1.165) is 27.6 Å². The zero-order chi connectivity index (χ0) is 13.8. The molecular formula is C18H12N2. The number of fused-ring (bicyclic) bond motifs is 1. The lowest BCUT2D eigenvalue weighted by molar-refractivity contribution is 1.27. The van der Waals surface area contributed by atoms with E-state index in [4.69, 9.17) is 5.26 Å². The Morgan fingerprint density at radius 3 is 2.55 bits per heavy atom. The second-order valence-electron chi connectivity index (χ2n) is 4.43. The van der Waals surface area contributed by atoms with Crippen molar-refractivity contribution in [2.24, 2.45) is 0 Å². The van der Waals surface area contributed by atoms with Crippen molar-refractivity contribution in [3.8, 4) is 6.07 Å². The second-order valence-corrected chi connectivity index (χ2v) is 4.43. The third-order valence-corrected chi connectivity index (χ3v) is 3.23. The van der Waals surface area contributed by atoms with Crippen molar-refractivity contribution in [2.45, 2.75) is 0 Å². The van der Waals surface area contributed by atoms with Gasteiger partial charge in [0.25, 0.3) is 0 Å². The van der Waals surface area contributed by atoms with Crippen LogP contribution in [0.2, 0.25) is 0 Å². The molecule has 0 fully saturated rings. The Labute approximate surface area is 117 Å². The van der Waals surface area contributed by atoms with Gasteiger partial charge in [0.15, 0.2) is 0 Å². The van der Waals surface area contributed by atoms with E-state index in [9.17, 15) is 0 Å². The summed E-state index contributed by atoms with van der Waals surface area (Å²) in [6.07, 6.45) is 3.30. The predicted octanol–water partition coefficient (Wildman–Crippen LogP) is 4.19. The lowest BCUT2D eigenvalue weighted by Gasteiger charge is -2.09. The molecule has 20 heavy (non-hydrogen) atoms. The van der Waals surface area contributed by atoms with Crippen LogP contribution in [0.4, 0.5) is 0 Å². The monoisotopic (exact) mass is 256 g/mol. The molecule has 0 aliphatic heterocycles. The molecule has 0 radical (unpaired) electrons. The van der Waals surface area contributed by atoms with Gasteiger partial charge < -0.3 is 0 Å². The molecule has 0 amide bonds. The molecule has 0 N–H and O–H groups in total. The number of nitrogens with zero attached hydrogens (tertiary/aromatic N) is 2. The Kier molecular flexibility index (Phi) is 3.26. The highest BCUT2D eigenvalue weighted by Gasteiger charge is 2.09. The van der Waals surface area contributed by atoms with E-state index >= 15 is 0 Å². The van der Waals surface area contributed by atoms with Gasteiger partial charge in [0.1, 0.15) is 0 Å². The van der Waals surface area contributed by atoms with Gasteiger partial charge in [-0.2, -0.15) is 5.26 Å². The highest BCUT2D eigenvalue weighted by Crippen LogP contribution is 2.28. The smallest absolute Gasteiger partial charge is 0.0919 e. The molecule has 0 aliphatic carbocycles. The van der Waals surface area contributed by atoms with Crippen molar-refractivity contribution in [3.05, 3.63) is 84.2 Å². The molecule has 94 valence electrons. The molecular weight excluding hydrogens is 244 g/mol. The summed E-state index contributed by atoms with van der Waals surface area (Å²) in [7, 11) is 0. The minimum absolute atomic E-state index is 0.811. The lowest BCUT2D eigenvalue weighted by atomic mass is 9.96. The number of nitriles is 1. The van der Waals surface area contributed by atoms with Crippen LogP contribution in [0, 0.1) is 11.3 Å². The Morgan fingerprint density at radius 2 is 1.75 bits per heavy atom. The van der Waals surface area contributed by atoms with Gasteiger partial charge in [-0.1, -0.05) is 48.5 Å². The largest absolute Gasteiger partial charge is 0.256 e. The van der Waals surface area contributed by atoms with Crippen molar-refractivity contribution in [3.63, 3.8) is 0 Å². The normalized spacial score (nSPS) is 11.2. The quantitative estimate of drug-likeness (QED) is 0.644. The van der Waals surface area contributed by atoms with Crippen molar-refractivity contribution in [1.29, 1.82) is 5.26 Å². The summed E-state index contributed by atoms with van der Waals surface area (Å²) in [5, 5.41) is 11.4. The first kappa shape index (κ1) is 12.1. The minimum atomic E-state index is 0.811. The van der Waals surface area contributed by atoms with Gasteiger partial charge in [-0.3, -0.25) is 4.98 Å². The summed E-state index contributed by atoms with van der Waals surface area (Å²) in [6, 6.07) is 22.1. The average molecular weight is 256 g/mol. The molecule has 0 bridgehead atoms. The van der Waals surface area contributed by atoms with Crippen molar-refractivity contribution >= 4 is 16.3 Å². The topological polar surface area (TPSA) is 36.7 Å². The average Bonchev–Trinajstić information content (AvgIpc) is 2.53. The predicted molar refractivity (Wildman–Crippen MR) is 80.9 cm³/mol. The van der Waals surface area contributed by atoms with Crippen molar-refractivity contribution in [2.75, 3.05) is 0 Å². The van der Waals surface area contributed by atoms with Gasteiger partial charge in [-0.15, -0.1) is 0 Å². The van der Waals surface area contributed by atoms with Crippen molar-refractivity contribution in [1.82, 2.24) is 4.98 Å². The lowest BCUT2D eigenvalue weighted by Crippen LogP contribution is -1.92. The van der Waals surface area contributed by atoms with E-state index in [1.807, 2.05) is 42.5 Å². The van der Waals surface area contributed by atoms with E-state index in [0.29, 0.717) is 0 Å². The molecule has 2 aromatic carbocycles. The summed E-state index contributed by atoms with van der Waals surface area (Å²) >= 11 is 0. The molecule has 3 aromatic rings.